The third kappa shape index (κ3) is 7.91. The highest BCUT2D eigenvalue weighted by Crippen LogP contribution is 2.32. The lowest BCUT2D eigenvalue weighted by atomic mass is 10.1. The first-order valence-electron chi connectivity index (χ1n) is 17.5. The molecule has 0 spiro atoms. The molecule has 0 saturated heterocycles. The molecule has 6 rings (SSSR count). The Morgan fingerprint density at radius 2 is 1.33 bits per heavy atom. The monoisotopic (exact) mass is 752 g/mol. The van der Waals surface area contributed by atoms with E-state index in [-0.39, 0.29) is 54.2 Å². The average Bonchev–Trinajstić information content (AvgIpc) is 3.92. The molecule has 286 valence electrons. The molecule has 5 aromatic heterocycles. The number of aromatic nitrogens is 7. The number of hydrogen-bond acceptors (Lipinski definition) is 13. The number of rotatable bonds is 16. The summed E-state index contributed by atoms with van der Waals surface area (Å²) in [6.45, 7) is 7.90. The maximum atomic E-state index is 13.5. The predicted octanol–water partition coefficient (Wildman–Crippen LogP) is 3.19. The first-order valence-corrected chi connectivity index (χ1v) is 17.5. The van der Waals surface area contributed by atoms with Crippen molar-refractivity contribution in [2.24, 2.45) is 17.2 Å². The van der Waals surface area contributed by atoms with Gasteiger partial charge in [-0.1, -0.05) is 26.0 Å². The summed E-state index contributed by atoms with van der Waals surface area (Å²) in [7, 11) is 0. The molecule has 19 nitrogen and oxygen atoms in total. The van der Waals surface area contributed by atoms with Crippen LogP contribution in [0, 0.1) is 13.8 Å². The minimum atomic E-state index is -0.688. The summed E-state index contributed by atoms with van der Waals surface area (Å²) in [4.78, 5) is 73.3. The van der Waals surface area contributed by atoms with Gasteiger partial charge in [0.1, 0.15) is 16.8 Å². The van der Waals surface area contributed by atoms with Gasteiger partial charge in [-0.2, -0.15) is 0 Å². The van der Waals surface area contributed by atoms with Crippen LogP contribution in [0.3, 0.4) is 0 Å². The highest BCUT2D eigenvalue weighted by molar-refractivity contribution is 6.05. The number of amides is 4. The molecule has 0 aliphatic rings. The van der Waals surface area contributed by atoms with E-state index in [1.807, 2.05) is 13.8 Å². The van der Waals surface area contributed by atoms with Crippen LogP contribution in [0.4, 0.5) is 11.9 Å². The molecule has 0 aliphatic carbocycles. The molecule has 0 saturated carbocycles. The highest BCUT2D eigenvalue weighted by atomic mass is 16.5. The van der Waals surface area contributed by atoms with Crippen LogP contribution in [0.15, 0.2) is 45.4 Å². The summed E-state index contributed by atoms with van der Waals surface area (Å²) in [6, 6.07) is 4.51. The summed E-state index contributed by atoms with van der Waals surface area (Å²) < 4.78 is 20.6. The molecule has 0 aliphatic heterocycles. The zero-order valence-electron chi connectivity index (χ0n) is 30.6. The minimum absolute atomic E-state index is 0.0477. The summed E-state index contributed by atoms with van der Waals surface area (Å²) >= 11 is 0. The number of oxazole rings is 2. The lowest BCUT2D eigenvalue weighted by Crippen LogP contribution is -2.17. The molecule has 55 heavy (non-hydrogen) atoms. The number of aryl methyl sites for hydroxylation is 4. The van der Waals surface area contributed by atoms with Crippen molar-refractivity contribution < 1.29 is 32.7 Å². The van der Waals surface area contributed by atoms with Crippen molar-refractivity contribution in [2.75, 3.05) is 23.8 Å². The lowest BCUT2D eigenvalue weighted by molar-refractivity contribution is 0.0985. The normalized spacial score (nSPS) is 11.5. The van der Waals surface area contributed by atoms with E-state index in [0.29, 0.717) is 76.9 Å². The fourth-order valence-electron chi connectivity index (χ4n) is 5.89. The molecule has 0 bridgehead atoms. The quantitative estimate of drug-likeness (QED) is 0.0702. The number of anilines is 2. The third-order valence-corrected chi connectivity index (χ3v) is 8.45. The van der Waals surface area contributed by atoms with Crippen LogP contribution in [0.1, 0.15) is 85.3 Å². The van der Waals surface area contributed by atoms with Crippen molar-refractivity contribution in [3.8, 4) is 5.75 Å². The maximum Gasteiger partial charge on any atom is 0.295 e. The number of hydrogen-bond donors (Lipinski definition) is 5. The Kier molecular flexibility index (Phi) is 11.0. The molecular weight excluding hydrogens is 712 g/mol. The number of imidazole rings is 2. The van der Waals surface area contributed by atoms with E-state index in [4.69, 9.17) is 30.8 Å². The number of allylic oxidation sites excluding steroid dienone is 2. The van der Waals surface area contributed by atoms with E-state index in [9.17, 15) is 19.2 Å². The number of fused-ring (bicyclic) bond motifs is 2. The van der Waals surface area contributed by atoms with E-state index in [0.717, 1.165) is 0 Å². The van der Waals surface area contributed by atoms with Crippen LogP contribution in [0.2, 0.25) is 0 Å². The Morgan fingerprint density at radius 1 is 0.782 bits per heavy atom. The van der Waals surface area contributed by atoms with Crippen molar-refractivity contribution >= 4 is 57.7 Å². The Balaban J connectivity index is 1.38. The van der Waals surface area contributed by atoms with Crippen molar-refractivity contribution in [1.29, 1.82) is 0 Å². The minimum Gasteiger partial charge on any atom is -0.491 e. The third-order valence-electron chi connectivity index (χ3n) is 8.45. The van der Waals surface area contributed by atoms with E-state index >= 15 is 0 Å². The fourth-order valence-corrected chi connectivity index (χ4v) is 5.89. The number of carbonyl (C=O) groups excluding carboxylic acids is 4. The van der Waals surface area contributed by atoms with Gasteiger partial charge in [0.05, 0.1) is 29.1 Å². The number of nitrogens with zero attached hydrogens (tertiary/aromatic N) is 7. The summed E-state index contributed by atoms with van der Waals surface area (Å²) in [6.07, 6.45) is 6.37. The van der Waals surface area contributed by atoms with Crippen LogP contribution in [-0.2, 0) is 25.9 Å². The Labute approximate surface area is 313 Å². The largest absolute Gasteiger partial charge is 0.491 e. The van der Waals surface area contributed by atoms with Crippen molar-refractivity contribution in [3.63, 3.8) is 0 Å². The van der Waals surface area contributed by atoms with Crippen LogP contribution < -0.4 is 32.6 Å². The fraction of sp³-hybridized carbons (Fsp3) is 0.306. The topological polar surface area (TPSA) is 280 Å². The van der Waals surface area contributed by atoms with Gasteiger partial charge in [-0.05, 0) is 44.0 Å². The smallest absolute Gasteiger partial charge is 0.295 e. The van der Waals surface area contributed by atoms with Crippen molar-refractivity contribution in [1.82, 2.24) is 34.1 Å². The predicted molar refractivity (Wildman–Crippen MR) is 200 cm³/mol. The number of pyridine rings is 1. The second-order valence-corrected chi connectivity index (χ2v) is 12.3. The average molecular weight is 753 g/mol. The summed E-state index contributed by atoms with van der Waals surface area (Å²) in [5.74, 6) is -1.17. The second kappa shape index (κ2) is 16.0. The van der Waals surface area contributed by atoms with Gasteiger partial charge in [-0.25, -0.2) is 24.9 Å². The highest BCUT2D eigenvalue weighted by Gasteiger charge is 2.24. The first-order chi connectivity index (χ1) is 26.4. The van der Waals surface area contributed by atoms with Crippen LogP contribution in [0.5, 0.6) is 5.75 Å². The van der Waals surface area contributed by atoms with E-state index < -0.39 is 23.6 Å². The number of nitrogens with one attached hydrogen (secondary N) is 2. The molecular formula is C36H40N12O7. The Hall–Kier alpha value is -6.89. The first kappa shape index (κ1) is 37.9. The summed E-state index contributed by atoms with van der Waals surface area (Å²) in [5, 5.41) is 5.61. The standard InChI is InChI=1S/C36H40N12O7/c1-5-22-28(54-18(3)41-22)33(51)45-35-43-24-14-20(30(38)49)16-26(53-13-9-10-37)27(24)47(35)11-7-8-12-48-32-25(15-21(17-40-32)31(39)50)44-36(48)46-34(52)29-23(6-2)42-19(4)55-29/h7-8,14-17H,5-6,9-13,37H2,1-4H3,(H2,38,49)(H2,39,50)(H,43,45,51)(H,44,46,52). The molecule has 1 aromatic carbocycles. The lowest BCUT2D eigenvalue weighted by Gasteiger charge is -2.12. The molecule has 0 fully saturated rings. The number of carbonyl (C=O) groups is 4. The van der Waals surface area contributed by atoms with Gasteiger partial charge >= 0.3 is 0 Å². The van der Waals surface area contributed by atoms with Gasteiger partial charge in [0, 0.05) is 38.7 Å². The van der Waals surface area contributed by atoms with E-state index in [1.54, 1.807) is 35.1 Å². The summed E-state index contributed by atoms with van der Waals surface area (Å²) in [5.41, 5.74) is 19.6. The van der Waals surface area contributed by atoms with Crippen molar-refractivity contribution in [2.45, 2.75) is 60.0 Å². The number of ether oxygens (including phenoxy) is 1. The maximum absolute atomic E-state index is 13.5. The van der Waals surface area contributed by atoms with Gasteiger partial charge in [0.25, 0.3) is 11.8 Å². The second-order valence-electron chi connectivity index (χ2n) is 12.3. The van der Waals surface area contributed by atoms with E-state index in [2.05, 4.69) is 35.6 Å². The van der Waals surface area contributed by atoms with Gasteiger partial charge < -0.3 is 35.3 Å². The zero-order valence-corrected chi connectivity index (χ0v) is 30.6. The SMILES string of the molecule is CCc1nc(C)oc1C(=O)Nc1nc2cc(C(N)=O)cnc2n1CC=CCn1c(NC(=O)c2oc(C)nc2CC)nc2cc(C(N)=O)cc(OCCCN)c21. The van der Waals surface area contributed by atoms with E-state index in [1.165, 1.54) is 24.4 Å². The molecule has 4 amide bonds. The van der Waals surface area contributed by atoms with Gasteiger partial charge in [0.15, 0.2) is 17.4 Å². The molecule has 5 heterocycles. The Morgan fingerprint density at radius 3 is 1.89 bits per heavy atom. The molecule has 8 N–H and O–H groups in total. The zero-order chi connectivity index (χ0) is 39.4. The number of nitrogens with two attached hydrogens (primary N) is 3. The molecule has 19 heteroatoms. The van der Waals surface area contributed by atoms with Crippen LogP contribution in [-0.4, -0.2) is 70.8 Å². The van der Waals surface area contributed by atoms with Crippen LogP contribution in [0.25, 0.3) is 22.2 Å². The molecule has 0 radical (unpaired) electrons. The van der Waals surface area contributed by atoms with Gasteiger partial charge in [0.2, 0.25) is 35.2 Å². The molecule has 6 aromatic rings. The number of benzene rings is 1. The van der Waals surface area contributed by atoms with Gasteiger partial charge in [-0.3, -0.25) is 34.4 Å². The van der Waals surface area contributed by atoms with Gasteiger partial charge in [-0.15, -0.1) is 0 Å². The van der Waals surface area contributed by atoms with Crippen molar-refractivity contribution in [3.05, 3.63) is 82.4 Å². The van der Waals surface area contributed by atoms with Crippen LogP contribution >= 0.6 is 0 Å². The molecule has 0 unspecified atom stereocenters. The Bertz CT molecular complexity index is 2470. The number of primary amides is 2. The molecule has 0 atom stereocenters.